The largest absolute Gasteiger partial charge is 0.381 e. The molecule has 0 spiro atoms. The molecule has 1 aliphatic rings. The molecule has 3 heterocycles. The molecule has 6 nitrogen and oxygen atoms in total. The Kier molecular flexibility index (Phi) is 4.00. The molecule has 3 rings (SSSR count). The normalized spacial score (nSPS) is 19.0. The van der Waals surface area contributed by atoms with E-state index < -0.39 is 0 Å². The fraction of sp³-hybridized carbons (Fsp3) is 0.769. The van der Waals surface area contributed by atoms with Gasteiger partial charge in [0.25, 0.3) is 0 Å². The van der Waals surface area contributed by atoms with Gasteiger partial charge < -0.3 is 10.5 Å². The first-order valence-corrected chi connectivity index (χ1v) is 8.02. The number of rotatable bonds is 4. The van der Waals surface area contributed by atoms with Crippen LogP contribution in [0.3, 0.4) is 0 Å². The van der Waals surface area contributed by atoms with Gasteiger partial charge in [0.1, 0.15) is 5.01 Å². The van der Waals surface area contributed by atoms with Crippen molar-refractivity contribution in [2.24, 2.45) is 11.7 Å². The van der Waals surface area contributed by atoms with Gasteiger partial charge in [-0.1, -0.05) is 25.2 Å². The highest BCUT2D eigenvalue weighted by molar-refractivity contribution is 7.16. The van der Waals surface area contributed by atoms with Crippen molar-refractivity contribution in [2.75, 3.05) is 19.8 Å². The third-order valence-corrected chi connectivity index (χ3v) is 5.02. The van der Waals surface area contributed by atoms with Crippen molar-refractivity contribution in [3.63, 3.8) is 0 Å². The summed E-state index contributed by atoms with van der Waals surface area (Å²) in [6.45, 7) is 6.58. The Morgan fingerprint density at radius 2 is 2.10 bits per heavy atom. The average molecular weight is 295 g/mol. The lowest BCUT2D eigenvalue weighted by Gasteiger charge is -2.19. The first-order valence-electron chi connectivity index (χ1n) is 7.20. The van der Waals surface area contributed by atoms with Gasteiger partial charge in [0, 0.05) is 31.6 Å². The van der Waals surface area contributed by atoms with E-state index in [1.54, 1.807) is 11.3 Å². The zero-order valence-corrected chi connectivity index (χ0v) is 12.8. The monoisotopic (exact) mass is 295 g/mol. The lowest BCUT2D eigenvalue weighted by molar-refractivity contribution is 0.0831. The molecule has 1 fully saturated rings. The number of nitrogens with zero attached hydrogens (tertiary/aromatic N) is 4. The number of fused-ring (bicyclic) bond motifs is 1. The Hall–Kier alpha value is -1.05. The summed E-state index contributed by atoms with van der Waals surface area (Å²) in [5, 5.41) is 14.4. The van der Waals surface area contributed by atoms with E-state index in [1.807, 2.05) is 4.52 Å². The predicted molar refractivity (Wildman–Crippen MR) is 78.1 cm³/mol. The van der Waals surface area contributed by atoms with Crippen molar-refractivity contribution < 1.29 is 4.74 Å². The van der Waals surface area contributed by atoms with Crippen molar-refractivity contribution in [3.8, 4) is 0 Å². The van der Waals surface area contributed by atoms with Crippen LogP contribution in [-0.4, -0.2) is 39.6 Å². The Morgan fingerprint density at radius 1 is 1.35 bits per heavy atom. The summed E-state index contributed by atoms with van der Waals surface area (Å²) in [4.78, 5) is 0.876. The Bertz CT molecular complexity index is 572. The summed E-state index contributed by atoms with van der Waals surface area (Å²) in [6, 6.07) is 0. The average Bonchev–Trinajstić information content (AvgIpc) is 3.00. The van der Waals surface area contributed by atoms with Crippen LogP contribution in [0.4, 0.5) is 0 Å². The zero-order chi connectivity index (χ0) is 14.1. The van der Waals surface area contributed by atoms with E-state index in [0.29, 0.717) is 24.3 Å². The topological polar surface area (TPSA) is 78.3 Å². The van der Waals surface area contributed by atoms with Gasteiger partial charge in [-0.15, -0.1) is 10.2 Å². The van der Waals surface area contributed by atoms with E-state index in [-0.39, 0.29) is 0 Å². The highest BCUT2D eigenvalue weighted by atomic mass is 32.1. The molecule has 0 radical (unpaired) electrons. The van der Waals surface area contributed by atoms with Crippen LogP contribution in [0.2, 0.25) is 0 Å². The molecule has 20 heavy (non-hydrogen) atoms. The number of hydrogen-bond acceptors (Lipinski definition) is 6. The molecule has 1 unspecified atom stereocenters. The van der Waals surface area contributed by atoms with Gasteiger partial charge in [0.15, 0.2) is 5.82 Å². The molecule has 0 aliphatic carbocycles. The second kappa shape index (κ2) is 5.75. The maximum Gasteiger partial charge on any atom is 0.234 e. The van der Waals surface area contributed by atoms with Crippen molar-refractivity contribution in [1.82, 2.24) is 19.8 Å². The minimum absolute atomic E-state index is 0.296. The Morgan fingerprint density at radius 3 is 2.75 bits per heavy atom. The highest BCUT2D eigenvalue weighted by Crippen LogP contribution is 2.30. The van der Waals surface area contributed by atoms with Gasteiger partial charge in [-0.3, -0.25) is 0 Å². The molecule has 110 valence electrons. The van der Waals surface area contributed by atoms with Crippen molar-refractivity contribution in [2.45, 2.75) is 38.5 Å². The van der Waals surface area contributed by atoms with Crippen molar-refractivity contribution in [3.05, 3.63) is 10.8 Å². The van der Waals surface area contributed by atoms with Gasteiger partial charge in [-0.25, -0.2) is 0 Å². The van der Waals surface area contributed by atoms with E-state index in [0.717, 1.165) is 41.8 Å². The minimum Gasteiger partial charge on any atom is -0.381 e. The van der Waals surface area contributed by atoms with Crippen LogP contribution in [-0.2, 0) is 4.74 Å². The zero-order valence-electron chi connectivity index (χ0n) is 12.0. The van der Waals surface area contributed by atoms with Gasteiger partial charge >= 0.3 is 0 Å². The number of ether oxygens (including phenoxy) is 1. The summed E-state index contributed by atoms with van der Waals surface area (Å²) < 4.78 is 7.33. The Labute approximate surface area is 122 Å². The van der Waals surface area contributed by atoms with E-state index >= 15 is 0 Å². The molecule has 0 aromatic carbocycles. The molecule has 2 aromatic heterocycles. The molecular weight excluding hydrogens is 274 g/mol. The Balaban J connectivity index is 1.93. The van der Waals surface area contributed by atoms with Crippen LogP contribution in [0.5, 0.6) is 0 Å². The highest BCUT2D eigenvalue weighted by Gasteiger charge is 2.25. The van der Waals surface area contributed by atoms with Crippen LogP contribution in [0, 0.1) is 5.92 Å². The molecule has 7 heteroatoms. The summed E-state index contributed by atoms with van der Waals surface area (Å²) >= 11 is 1.61. The third kappa shape index (κ3) is 2.45. The van der Waals surface area contributed by atoms with Crippen molar-refractivity contribution >= 4 is 16.3 Å². The van der Waals surface area contributed by atoms with Gasteiger partial charge in [-0.2, -0.15) is 9.61 Å². The maximum atomic E-state index is 5.88. The molecule has 0 amide bonds. The molecule has 1 saturated heterocycles. The fourth-order valence-corrected chi connectivity index (χ4v) is 3.80. The fourth-order valence-electron chi connectivity index (χ4n) is 2.67. The first-order chi connectivity index (χ1) is 9.70. The molecule has 2 aromatic rings. The smallest absolute Gasteiger partial charge is 0.234 e. The van der Waals surface area contributed by atoms with E-state index in [4.69, 9.17) is 15.6 Å². The van der Waals surface area contributed by atoms with Crippen LogP contribution in [0.15, 0.2) is 0 Å². The lowest BCUT2D eigenvalue weighted by Crippen LogP contribution is -2.19. The molecule has 1 aliphatic heterocycles. The van der Waals surface area contributed by atoms with E-state index in [2.05, 4.69) is 24.0 Å². The first kappa shape index (κ1) is 13.9. The van der Waals surface area contributed by atoms with Crippen LogP contribution in [0.25, 0.3) is 4.96 Å². The van der Waals surface area contributed by atoms with E-state index in [1.165, 1.54) is 0 Å². The standard InChI is InChI=1S/C13H21N5OS/c1-8(2)10(7-14)12-17-18-11(15-16-13(18)20-12)9-3-5-19-6-4-9/h8-10H,3-7,14H2,1-2H3. The molecule has 0 bridgehead atoms. The summed E-state index contributed by atoms with van der Waals surface area (Å²) in [5.41, 5.74) is 5.88. The predicted octanol–water partition coefficient (Wildman–Crippen LogP) is 1.78. The van der Waals surface area contributed by atoms with E-state index in [9.17, 15) is 0 Å². The summed E-state index contributed by atoms with van der Waals surface area (Å²) in [5.74, 6) is 2.16. The molecular formula is C13H21N5OS. The minimum atomic E-state index is 0.296. The van der Waals surface area contributed by atoms with Gasteiger partial charge in [0.05, 0.1) is 0 Å². The number of nitrogens with two attached hydrogens (primary N) is 1. The SMILES string of the molecule is CC(C)C(CN)c1nn2c(C3CCOCC3)nnc2s1. The van der Waals surface area contributed by atoms with Gasteiger partial charge in [0.2, 0.25) is 4.96 Å². The molecule has 2 N–H and O–H groups in total. The van der Waals surface area contributed by atoms with Crippen LogP contribution in [0.1, 0.15) is 49.4 Å². The summed E-state index contributed by atoms with van der Waals surface area (Å²) in [6.07, 6.45) is 2.00. The number of aromatic nitrogens is 4. The van der Waals surface area contributed by atoms with Crippen LogP contribution >= 0.6 is 11.3 Å². The van der Waals surface area contributed by atoms with Crippen molar-refractivity contribution in [1.29, 1.82) is 0 Å². The second-order valence-electron chi connectivity index (χ2n) is 5.67. The number of hydrogen-bond donors (Lipinski definition) is 1. The summed E-state index contributed by atoms with van der Waals surface area (Å²) in [7, 11) is 0. The third-order valence-electron chi connectivity index (χ3n) is 3.99. The second-order valence-corrected chi connectivity index (χ2v) is 6.65. The molecule has 0 saturated carbocycles. The quantitative estimate of drug-likeness (QED) is 0.930. The molecule has 1 atom stereocenters. The van der Waals surface area contributed by atoms with Crippen LogP contribution < -0.4 is 5.73 Å². The van der Waals surface area contributed by atoms with Gasteiger partial charge in [-0.05, 0) is 18.8 Å². The lowest BCUT2D eigenvalue weighted by atomic mass is 9.97. The maximum absolute atomic E-state index is 5.88.